The maximum atomic E-state index is 5.52. The fraction of sp³-hybridized carbons (Fsp3) is 0.333. The third-order valence-corrected chi connectivity index (χ3v) is 2.17. The summed E-state index contributed by atoms with van der Waals surface area (Å²) < 4.78 is 0. The number of hydrogen-bond donors (Lipinski definition) is 2. The zero-order chi connectivity index (χ0) is 9.26. The summed E-state index contributed by atoms with van der Waals surface area (Å²) in [4.78, 5) is 11.4. The number of hydrogen-bond acceptors (Lipinski definition) is 3. The van der Waals surface area contributed by atoms with Gasteiger partial charge in [-0.1, -0.05) is 0 Å². The first kappa shape index (κ1) is 8.19. The Labute approximate surface area is 76.2 Å². The van der Waals surface area contributed by atoms with E-state index in [2.05, 4.69) is 15.0 Å². The fourth-order valence-corrected chi connectivity index (χ4v) is 1.57. The van der Waals surface area contributed by atoms with Gasteiger partial charge in [0.2, 0.25) is 0 Å². The number of aromatic amines is 1. The minimum atomic E-state index is 0.651. The summed E-state index contributed by atoms with van der Waals surface area (Å²) >= 11 is 0. The Bertz CT molecular complexity index is 418. The molecule has 0 aliphatic carbocycles. The molecule has 0 atom stereocenters. The fourth-order valence-electron chi connectivity index (χ4n) is 1.57. The summed E-state index contributed by atoms with van der Waals surface area (Å²) in [6.07, 6.45) is 4.22. The predicted octanol–water partition coefficient (Wildman–Crippen LogP) is 0.768. The zero-order valence-electron chi connectivity index (χ0n) is 7.54. The summed E-state index contributed by atoms with van der Waals surface area (Å²) in [5, 5.41) is 0. The van der Waals surface area contributed by atoms with E-state index in [1.807, 2.05) is 6.92 Å². The minimum Gasteiger partial charge on any atom is -0.356 e. The first-order valence-corrected chi connectivity index (χ1v) is 4.30. The third kappa shape index (κ3) is 1.29. The second-order valence-electron chi connectivity index (χ2n) is 3.05. The number of nitrogens with one attached hydrogen (secondary N) is 1. The van der Waals surface area contributed by atoms with Crippen molar-refractivity contribution in [1.29, 1.82) is 0 Å². The quantitative estimate of drug-likeness (QED) is 0.710. The third-order valence-electron chi connectivity index (χ3n) is 2.17. The first-order chi connectivity index (χ1) is 6.33. The van der Waals surface area contributed by atoms with Gasteiger partial charge in [0.15, 0.2) is 0 Å². The van der Waals surface area contributed by atoms with Crippen LogP contribution in [0.25, 0.3) is 11.0 Å². The van der Waals surface area contributed by atoms with Crippen molar-refractivity contribution in [3.8, 4) is 0 Å². The van der Waals surface area contributed by atoms with Gasteiger partial charge in [-0.3, -0.25) is 0 Å². The van der Waals surface area contributed by atoms with Crippen LogP contribution in [0.3, 0.4) is 0 Å². The molecule has 0 saturated heterocycles. The average molecular weight is 176 g/mol. The van der Waals surface area contributed by atoms with Crippen LogP contribution in [0.5, 0.6) is 0 Å². The number of rotatable bonds is 2. The molecule has 2 aromatic rings. The van der Waals surface area contributed by atoms with Gasteiger partial charge in [-0.15, -0.1) is 0 Å². The molecule has 0 aliphatic rings. The van der Waals surface area contributed by atoms with Crippen LogP contribution in [0.1, 0.15) is 11.3 Å². The summed E-state index contributed by atoms with van der Waals surface area (Å²) in [7, 11) is 0. The van der Waals surface area contributed by atoms with Crippen LogP contribution in [0.15, 0.2) is 12.5 Å². The lowest BCUT2D eigenvalue weighted by molar-refractivity contribution is 0.959. The predicted molar refractivity (Wildman–Crippen MR) is 51.4 cm³/mol. The number of nitrogens with zero attached hydrogens (tertiary/aromatic N) is 2. The van der Waals surface area contributed by atoms with Crippen LogP contribution < -0.4 is 5.73 Å². The molecule has 2 rings (SSSR count). The molecule has 68 valence electrons. The zero-order valence-corrected chi connectivity index (χ0v) is 7.54. The van der Waals surface area contributed by atoms with Crippen LogP contribution >= 0.6 is 0 Å². The normalized spacial score (nSPS) is 10.9. The highest BCUT2D eigenvalue weighted by molar-refractivity contribution is 5.79. The number of nitrogens with two attached hydrogens (primary N) is 1. The Morgan fingerprint density at radius 3 is 3.15 bits per heavy atom. The highest BCUT2D eigenvalue weighted by Gasteiger charge is 2.07. The van der Waals surface area contributed by atoms with Crippen molar-refractivity contribution in [3.05, 3.63) is 23.8 Å². The van der Waals surface area contributed by atoms with Gasteiger partial charge in [0.1, 0.15) is 6.33 Å². The van der Waals surface area contributed by atoms with E-state index < -0.39 is 0 Å². The topological polar surface area (TPSA) is 67.6 Å². The van der Waals surface area contributed by atoms with Gasteiger partial charge >= 0.3 is 0 Å². The van der Waals surface area contributed by atoms with Crippen LogP contribution in [-0.4, -0.2) is 21.5 Å². The second kappa shape index (κ2) is 3.14. The molecule has 0 fully saturated rings. The van der Waals surface area contributed by atoms with Gasteiger partial charge < -0.3 is 10.7 Å². The Hall–Kier alpha value is -1.42. The number of fused-ring (bicyclic) bond motifs is 1. The second-order valence-corrected chi connectivity index (χ2v) is 3.05. The lowest BCUT2D eigenvalue weighted by Gasteiger charge is -1.95. The summed E-state index contributed by atoms with van der Waals surface area (Å²) in [5.41, 5.74) is 9.86. The molecule has 0 aliphatic heterocycles. The summed E-state index contributed by atoms with van der Waals surface area (Å²) in [6, 6.07) is 0. The highest BCUT2D eigenvalue weighted by Crippen LogP contribution is 2.18. The standard InChI is InChI=1S/C9H12N4/c1-6-7(2-3-10)9-8(13-6)4-11-5-12-9/h4-5,13H,2-3,10H2,1H3. The van der Waals surface area contributed by atoms with Crippen molar-refractivity contribution in [2.24, 2.45) is 5.73 Å². The van der Waals surface area contributed by atoms with Crippen LogP contribution in [-0.2, 0) is 6.42 Å². The molecule has 0 unspecified atom stereocenters. The van der Waals surface area contributed by atoms with Crippen molar-refractivity contribution in [3.63, 3.8) is 0 Å². The van der Waals surface area contributed by atoms with Gasteiger partial charge in [-0.2, -0.15) is 0 Å². The van der Waals surface area contributed by atoms with E-state index in [1.54, 1.807) is 12.5 Å². The Morgan fingerprint density at radius 1 is 1.54 bits per heavy atom. The van der Waals surface area contributed by atoms with Crippen molar-refractivity contribution in [1.82, 2.24) is 15.0 Å². The van der Waals surface area contributed by atoms with Gasteiger partial charge in [-0.25, -0.2) is 9.97 Å². The van der Waals surface area contributed by atoms with Gasteiger partial charge in [0, 0.05) is 11.3 Å². The van der Waals surface area contributed by atoms with Gasteiger partial charge in [0.25, 0.3) is 0 Å². The van der Waals surface area contributed by atoms with E-state index in [0.29, 0.717) is 6.54 Å². The smallest absolute Gasteiger partial charge is 0.116 e. The monoisotopic (exact) mass is 176 g/mol. The van der Waals surface area contributed by atoms with E-state index in [0.717, 1.165) is 23.1 Å². The summed E-state index contributed by atoms with van der Waals surface area (Å²) in [6.45, 7) is 2.68. The lowest BCUT2D eigenvalue weighted by Crippen LogP contribution is -2.03. The van der Waals surface area contributed by atoms with Crippen LogP contribution in [0, 0.1) is 6.92 Å². The van der Waals surface area contributed by atoms with E-state index in [4.69, 9.17) is 5.73 Å². The molecule has 0 amide bonds. The molecular weight excluding hydrogens is 164 g/mol. The summed E-state index contributed by atoms with van der Waals surface area (Å²) in [5.74, 6) is 0. The lowest BCUT2D eigenvalue weighted by atomic mass is 10.1. The molecule has 0 radical (unpaired) electrons. The first-order valence-electron chi connectivity index (χ1n) is 4.30. The molecule has 0 bridgehead atoms. The van der Waals surface area contributed by atoms with Crippen LogP contribution in [0.2, 0.25) is 0 Å². The van der Waals surface area contributed by atoms with E-state index in [-0.39, 0.29) is 0 Å². The molecule has 4 heteroatoms. The molecule has 3 N–H and O–H groups in total. The van der Waals surface area contributed by atoms with Gasteiger partial charge in [-0.05, 0) is 19.9 Å². The molecular formula is C9H12N4. The maximum Gasteiger partial charge on any atom is 0.116 e. The Morgan fingerprint density at radius 2 is 2.38 bits per heavy atom. The SMILES string of the molecule is Cc1[nH]c2cncnc2c1CCN. The molecule has 2 heterocycles. The van der Waals surface area contributed by atoms with E-state index in [9.17, 15) is 0 Å². The molecule has 0 saturated carbocycles. The molecule has 0 aromatic carbocycles. The number of aromatic nitrogens is 3. The highest BCUT2D eigenvalue weighted by atomic mass is 14.9. The Balaban J connectivity index is 2.64. The number of aryl methyl sites for hydroxylation is 1. The van der Waals surface area contributed by atoms with Crippen molar-refractivity contribution >= 4 is 11.0 Å². The average Bonchev–Trinajstić information content (AvgIpc) is 2.44. The maximum absolute atomic E-state index is 5.52. The molecule has 2 aromatic heterocycles. The molecule has 13 heavy (non-hydrogen) atoms. The largest absolute Gasteiger partial charge is 0.356 e. The minimum absolute atomic E-state index is 0.651. The van der Waals surface area contributed by atoms with Gasteiger partial charge in [0.05, 0.1) is 17.2 Å². The van der Waals surface area contributed by atoms with E-state index in [1.165, 1.54) is 5.56 Å². The van der Waals surface area contributed by atoms with Crippen molar-refractivity contribution in [2.75, 3.05) is 6.54 Å². The van der Waals surface area contributed by atoms with E-state index >= 15 is 0 Å². The number of H-pyrrole nitrogens is 1. The van der Waals surface area contributed by atoms with Crippen LogP contribution in [0.4, 0.5) is 0 Å². The molecule has 0 spiro atoms. The Kier molecular flexibility index (Phi) is 1.98. The molecule has 4 nitrogen and oxygen atoms in total. The van der Waals surface area contributed by atoms with Crippen molar-refractivity contribution in [2.45, 2.75) is 13.3 Å². The van der Waals surface area contributed by atoms with Crippen molar-refractivity contribution < 1.29 is 0 Å².